The number of benzene rings is 2. The van der Waals surface area contributed by atoms with E-state index in [1.54, 1.807) is 0 Å². The molecule has 0 aliphatic heterocycles. The minimum absolute atomic E-state index is 0.105. The average molecular weight is 338 g/mol. The first-order chi connectivity index (χ1) is 10.5. The number of hydrogen-bond acceptors (Lipinski definition) is 2. The lowest BCUT2D eigenvalue weighted by molar-refractivity contribution is -0.137. The van der Waals surface area contributed by atoms with Gasteiger partial charge in [0, 0.05) is 29.7 Å². The summed E-state index contributed by atoms with van der Waals surface area (Å²) >= 11 is 11.9. The predicted octanol–water partition coefficient (Wildman–Crippen LogP) is 4.47. The Kier molecular flexibility index (Phi) is 6.25. The van der Waals surface area contributed by atoms with Gasteiger partial charge in [0.15, 0.2) is 0 Å². The molecule has 0 spiro atoms. The highest BCUT2D eigenvalue weighted by atomic mass is 35.5. The van der Waals surface area contributed by atoms with Crippen LogP contribution in [0.3, 0.4) is 0 Å². The molecule has 0 aromatic heterocycles. The van der Waals surface area contributed by atoms with E-state index in [-0.39, 0.29) is 6.42 Å². The molecule has 1 N–H and O–H groups in total. The van der Waals surface area contributed by atoms with Gasteiger partial charge < -0.3 is 5.11 Å². The molecular formula is C17H17Cl2NO2. The van der Waals surface area contributed by atoms with E-state index in [0.717, 1.165) is 11.1 Å². The van der Waals surface area contributed by atoms with E-state index in [1.807, 2.05) is 48.5 Å². The van der Waals surface area contributed by atoms with E-state index >= 15 is 0 Å². The Bertz CT molecular complexity index is 629. The maximum absolute atomic E-state index is 10.8. The highest BCUT2D eigenvalue weighted by Crippen LogP contribution is 2.16. The first kappa shape index (κ1) is 16.8. The first-order valence-electron chi connectivity index (χ1n) is 6.96. The molecule has 0 aliphatic rings. The van der Waals surface area contributed by atoms with Gasteiger partial charge in [-0.2, -0.15) is 0 Å². The van der Waals surface area contributed by atoms with E-state index in [2.05, 4.69) is 4.90 Å². The Hall–Kier alpha value is -1.55. The number of nitrogens with zero attached hydrogens (tertiary/aromatic N) is 1. The number of halogens is 2. The molecule has 0 bridgehead atoms. The van der Waals surface area contributed by atoms with E-state index in [4.69, 9.17) is 28.3 Å². The monoisotopic (exact) mass is 337 g/mol. The number of aliphatic carboxylic acids is 1. The zero-order valence-electron chi connectivity index (χ0n) is 12.0. The smallest absolute Gasteiger partial charge is 0.304 e. The fraction of sp³-hybridized carbons (Fsp3) is 0.235. The maximum Gasteiger partial charge on any atom is 0.304 e. The fourth-order valence-electron chi connectivity index (χ4n) is 2.21. The highest BCUT2D eigenvalue weighted by molar-refractivity contribution is 6.30. The standard InChI is InChI=1S/C17H17Cl2NO2/c18-15-6-4-13(5-7-15)11-20(9-8-17(21)22)12-14-2-1-3-16(19)10-14/h1-7,10H,8-9,11-12H2,(H,21,22). The van der Waals surface area contributed by atoms with Gasteiger partial charge in [-0.05, 0) is 35.4 Å². The van der Waals surface area contributed by atoms with Crippen LogP contribution >= 0.6 is 23.2 Å². The molecule has 2 aromatic carbocycles. The molecular weight excluding hydrogens is 321 g/mol. The lowest BCUT2D eigenvalue weighted by atomic mass is 10.1. The summed E-state index contributed by atoms with van der Waals surface area (Å²) in [7, 11) is 0. The van der Waals surface area contributed by atoms with E-state index in [9.17, 15) is 4.79 Å². The van der Waals surface area contributed by atoms with Crippen molar-refractivity contribution in [2.45, 2.75) is 19.5 Å². The van der Waals surface area contributed by atoms with Gasteiger partial charge in [-0.3, -0.25) is 9.69 Å². The SMILES string of the molecule is O=C(O)CCN(Cc1ccc(Cl)cc1)Cc1cccc(Cl)c1. The first-order valence-corrected chi connectivity index (χ1v) is 7.71. The van der Waals surface area contributed by atoms with Gasteiger partial charge in [-0.25, -0.2) is 0 Å². The molecule has 0 heterocycles. The van der Waals surface area contributed by atoms with Crippen LogP contribution in [-0.4, -0.2) is 22.5 Å². The van der Waals surface area contributed by atoms with E-state index in [1.165, 1.54) is 0 Å². The second-order valence-electron chi connectivity index (χ2n) is 5.11. The second-order valence-corrected chi connectivity index (χ2v) is 5.98. The van der Waals surface area contributed by atoms with Gasteiger partial charge >= 0.3 is 5.97 Å². The number of carbonyl (C=O) groups is 1. The van der Waals surface area contributed by atoms with Crippen molar-refractivity contribution in [1.29, 1.82) is 0 Å². The third-order valence-corrected chi connectivity index (χ3v) is 3.74. The topological polar surface area (TPSA) is 40.5 Å². The maximum atomic E-state index is 10.8. The Balaban J connectivity index is 2.07. The summed E-state index contributed by atoms with van der Waals surface area (Å²) in [6.45, 7) is 1.79. The molecule has 0 aliphatic carbocycles. The highest BCUT2D eigenvalue weighted by Gasteiger charge is 2.10. The largest absolute Gasteiger partial charge is 0.481 e. The lowest BCUT2D eigenvalue weighted by Gasteiger charge is -2.22. The van der Waals surface area contributed by atoms with Crippen molar-refractivity contribution in [1.82, 2.24) is 4.90 Å². The van der Waals surface area contributed by atoms with Gasteiger partial charge in [-0.1, -0.05) is 47.5 Å². The Morgan fingerprint density at radius 3 is 2.27 bits per heavy atom. The van der Waals surface area contributed by atoms with Gasteiger partial charge in [0.1, 0.15) is 0 Å². The zero-order chi connectivity index (χ0) is 15.9. The summed E-state index contributed by atoms with van der Waals surface area (Å²) in [5.74, 6) is -0.799. The second kappa shape index (κ2) is 8.18. The van der Waals surface area contributed by atoms with Crippen LogP contribution in [0.15, 0.2) is 48.5 Å². The van der Waals surface area contributed by atoms with Gasteiger partial charge in [-0.15, -0.1) is 0 Å². The quantitative estimate of drug-likeness (QED) is 0.810. The molecule has 0 saturated carbocycles. The zero-order valence-corrected chi connectivity index (χ0v) is 13.5. The normalized spacial score (nSPS) is 10.9. The minimum atomic E-state index is -0.799. The van der Waals surface area contributed by atoms with Crippen LogP contribution in [-0.2, 0) is 17.9 Å². The number of carboxylic acids is 1. The number of rotatable bonds is 7. The summed E-state index contributed by atoms with van der Waals surface area (Å²) in [6, 6.07) is 15.2. The molecule has 2 aromatic rings. The summed E-state index contributed by atoms with van der Waals surface area (Å²) in [4.78, 5) is 12.9. The number of carboxylic acid groups (broad SMARTS) is 1. The summed E-state index contributed by atoms with van der Waals surface area (Å²) in [5, 5.41) is 10.3. The summed E-state index contributed by atoms with van der Waals surface area (Å²) in [5.41, 5.74) is 2.16. The van der Waals surface area contributed by atoms with Crippen LogP contribution in [0, 0.1) is 0 Å². The predicted molar refractivity (Wildman–Crippen MR) is 89.3 cm³/mol. The van der Waals surface area contributed by atoms with Crippen LogP contribution in [0.1, 0.15) is 17.5 Å². The minimum Gasteiger partial charge on any atom is -0.481 e. The Morgan fingerprint density at radius 2 is 1.64 bits per heavy atom. The van der Waals surface area contributed by atoms with Crippen molar-refractivity contribution in [3.8, 4) is 0 Å². The molecule has 0 fully saturated rings. The van der Waals surface area contributed by atoms with Crippen molar-refractivity contribution in [2.75, 3.05) is 6.54 Å². The van der Waals surface area contributed by atoms with Crippen LogP contribution < -0.4 is 0 Å². The van der Waals surface area contributed by atoms with Crippen molar-refractivity contribution in [3.63, 3.8) is 0 Å². The van der Waals surface area contributed by atoms with Crippen molar-refractivity contribution >= 4 is 29.2 Å². The molecule has 3 nitrogen and oxygen atoms in total. The molecule has 116 valence electrons. The molecule has 5 heteroatoms. The van der Waals surface area contributed by atoms with Gasteiger partial charge in [0.25, 0.3) is 0 Å². The van der Waals surface area contributed by atoms with Gasteiger partial charge in [0.05, 0.1) is 6.42 Å². The molecule has 0 radical (unpaired) electrons. The van der Waals surface area contributed by atoms with Crippen molar-refractivity contribution in [2.24, 2.45) is 0 Å². The molecule has 22 heavy (non-hydrogen) atoms. The summed E-state index contributed by atoms with van der Waals surface area (Å²) < 4.78 is 0. The van der Waals surface area contributed by atoms with E-state index < -0.39 is 5.97 Å². The van der Waals surface area contributed by atoms with Crippen LogP contribution in [0.4, 0.5) is 0 Å². The average Bonchev–Trinajstić information content (AvgIpc) is 2.47. The lowest BCUT2D eigenvalue weighted by Crippen LogP contribution is -2.25. The molecule has 0 atom stereocenters. The Morgan fingerprint density at radius 1 is 0.955 bits per heavy atom. The molecule has 0 unspecified atom stereocenters. The van der Waals surface area contributed by atoms with Crippen molar-refractivity contribution < 1.29 is 9.90 Å². The van der Waals surface area contributed by atoms with Crippen LogP contribution in [0.5, 0.6) is 0 Å². The summed E-state index contributed by atoms with van der Waals surface area (Å²) in [6.07, 6.45) is 0.105. The molecule has 2 rings (SSSR count). The van der Waals surface area contributed by atoms with Crippen LogP contribution in [0.2, 0.25) is 10.0 Å². The third kappa shape index (κ3) is 5.68. The fourth-order valence-corrected chi connectivity index (χ4v) is 2.55. The van der Waals surface area contributed by atoms with Crippen LogP contribution in [0.25, 0.3) is 0 Å². The van der Waals surface area contributed by atoms with Crippen molar-refractivity contribution in [3.05, 3.63) is 69.7 Å². The number of hydrogen-bond donors (Lipinski definition) is 1. The molecule has 0 amide bonds. The van der Waals surface area contributed by atoms with Gasteiger partial charge in [0.2, 0.25) is 0 Å². The molecule has 0 saturated heterocycles. The Labute approximate surface area is 140 Å². The van der Waals surface area contributed by atoms with E-state index in [0.29, 0.717) is 29.7 Å². The third-order valence-electron chi connectivity index (χ3n) is 3.26.